The second-order valence-corrected chi connectivity index (χ2v) is 4.95. The molecule has 0 spiro atoms. The van der Waals surface area contributed by atoms with Gasteiger partial charge in [-0.1, -0.05) is 32.0 Å². The summed E-state index contributed by atoms with van der Waals surface area (Å²) >= 11 is 0. The Morgan fingerprint density at radius 1 is 1.21 bits per heavy atom. The number of carbonyl (C=O) groups is 1. The van der Waals surface area contributed by atoms with Crippen LogP contribution in [-0.2, 0) is 16.0 Å². The zero-order valence-electron chi connectivity index (χ0n) is 14.1. The number of allylic oxidation sites excluding steroid dienone is 1. The summed E-state index contributed by atoms with van der Waals surface area (Å²) in [6, 6.07) is 11.8. The summed E-state index contributed by atoms with van der Waals surface area (Å²) in [5, 5.41) is 0. The zero-order valence-corrected chi connectivity index (χ0v) is 14.1. The van der Waals surface area contributed by atoms with Crippen molar-refractivity contribution in [2.45, 2.75) is 27.2 Å². The normalized spacial score (nSPS) is 13.6. The summed E-state index contributed by atoms with van der Waals surface area (Å²) in [7, 11) is 0. The monoisotopic (exact) mass is 328 g/mol. The highest BCUT2D eigenvalue weighted by Crippen LogP contribution is 2.39. The molecule has 1 aliphatic heterocycles. The van der Waals surface area contributed by atoms with Gasteiger partial charge in [-0.2, -0.15) is 0 Å². The van der Waals surface area contributed by atoms with E-state index in [-0.39, 0.29) is 5.82 Å². The smallest absolute Gasteiger partial charge is 0.331 e. The standard InChI is InChI=1S/C18H15FO3.C2H6/c1-2-21-18(20)10-13-9-12-5-3-4-6-16(12)22-17-11-14(19)7-8-15(13)17;1-2/h3-8,10-11H,2,9H2,1H3;1-2H3/b13-10+;. The van der Waals surface area contributed by atoms with Crippen LogP contribution in [0.4, 0.5) is 4.39 Å². The van der Waals surface area contributed by atoms with Crippen molar-refractivity contribution in [2.24, 2.45) is 0 Å². The molecule has 0 fully saturated rings. The first-order chi connectivity index (χ1) is 11.7. The molecule has 0 saturated carbocycles. The van der Waals surface area contributed by atoms with Crippen LogP contribution in [0.3, 0.4) is 0 Å². The van der Waals surface area contributed by atoms with E-state index in [1.807, 2.05) is 38.1 Å². The Bertz CT molecular complexity index is 750. The Labute approximate surface area is 141 Å². The first-order valence-corrected chi connectivity index (χ1v) is 8.10. The van der Waals surface area contributed by atoms with E-state index in [9.17, 15) is 9.18 Å². The molecule has 0 saturated heterocycles. The Balaban J connectivity index is 0.00000100. The quantitative estimate of drug-likeness (QED) is 0.565. The fraction of sp³-hybridized carbons (Fsp3) is 0.250. The molecule has 0 radical (unpaired) electrons. The van der Waals surface area contributed by atoms with E-state index in [0.717, 1.165) is 11.1 Å². The largest absolute Gasteiger partial charge is 0.463 e. The van der Waals surface area contributed by atoms with Gasteiger partial charge in [0.25, 0.3) is 0 Å². The molecule has 0 N–H and O–H groups in total. The third-order valence-corrected chi connectivity index (χ3v) is 3.44. The van der Waals surface area contributed by atoms with E-state index in [2.05, 4.69) is 0 Å². The fourth-order valence-corrected chi connectivity index (χ4v) is 2.47. The van der Waals surface area contributed by atoms with Crippen molar-refractivity contribution in [3.63, 3.8) is 0 Å². The van der Waals surface area contributed by atoms with Gasteiger partial charge in [-0.3, -0.25) is 0 Å². The van der Waals surface area contributed by atoms with Crippen molar-refractivity contribution in [2.75, 3.05) is 6.61 Å². The van der Waals surface area contributed by atoms with Gasteiger partial charge in [-0.05, 0) is 36.3 Å². The van der Waals surface area contributed by atoms with Crippen molar-refractivity contribution in [3.05, 3.63) is 65.5 Å². The highest BCUT2D eigenvalue weighted by Gasteiger charge is 2.20. The minimum absolute atomic E-state index is 0.311. The molecule has 4 heteroatoms. The summed E-state index contributed by atoms with van der Waals surface area (Å²) in [4.78, 5) is 11.8. The van der Waals surface area contributed by atoms with Gasteiger partial charge in [0.2, 0.25) is 0 Å². The molecule has 1 heterocycles. The third kappa shape index (κ3) is 4.02. The van der Waals surface area contributed by atoms with Crippen LogP contribution in [0.2, 0.25) is 0 Å². The highest BCUT2D eigenvalue weighted by atomic mass is 19.1. The van der Waals surface area contributed by atoms with Gasteiger partial charge in [0.05, 0.1) is 6.61 Å². The molecular weight excluding hydrogens is 307 g/mol. The molecule has 3 nitrogen and oxygen atoms in total. The molecule has 3 rings (SSSR count). The van der Waals surface area contributed by atoms with Crippen LogP contribution in [0.5, 0.6) is 11.5 Å². The molecule has 0 aromatic heterocycles. The average molecular weight is 328 g/mol. The Morgan fingerprint density at radius 3 is 2.71 bits per heavy atom. The molecule has 126 valence electrons. The van der Waals surface area contributed by atoms with Crippen molar-refractivity contribution in [1.82, 2.24) is 0 Å². The summed E-state index contributed by atoms with van der Waals surface area (Å²) in [6.07, 6.45) is 1.97. The Hall–Kier alpha value is -2.62. The number of benzene rings is 2. The highest BCUT2D eigenvalue weighted by molar-refractivity contribution is 5.93. The van der Waals surface area contributed by atoms with Gasteiger partial charge in [0.15, 0.2) is 0 Å². The van der Waals surface area contributed by atoms with E-state index in [1.165, 1.54) is 18.2 Å². The van der Waals surface area contributed by atoms with Crippen molar-refractivity contribution in [3.8, 4) is 11.5 Å². The van der Waals surface area contributed by atoms with Crippen LogP contribution in [0.15, 0.2) is 48.5 Å². The molecule has 0 amide bonds. The third-order valence-electron chi connectivity index (χ3n) is 3.44. The lowest BCUT2D eigenvalue weighted by Gasteiger charge is -2.09. The number of hydrogen-bond acceptors (Lipinski definition) is 3. The number of ether oxygens (including phenoxy) is 2. The molecular formula is C20H21FO3. The lowest BCUT2D eigenvalue weighted by molar-refractivity contribution is -0.137. The number of rotatable bonds is 2. The number of carbonyl (C=O) groups excluding carboxylic acids is 1. The molecule has 0 atom stereocenters. The van der Waals surface area contributed by atoms with Crippen LogP contribution in [0.25, 0.3) is 5.57 Å². The Kier molecular flexibility index (Phi) is 6.13. The van der Waals surface area contributed by atoms with E-state index >= 15 is 0 Å². The maximum Gasteiger partial charge on any atom is 0.331 e. The number of esters is 1. The first kappa shape index (κ1) is 17.7. The van der Waals surface area contributed by atoms with Gasteiger partial charge >= 0.3 is 5.97 Å². The van der Waals surface area contributed by atoms with Crippen molar-refractivity contribution < 1.29 is 18.7 Å². The lowest BCUT2D eigenvalue weighted by atomic mass is 9.98. The minimum Gasteiger partial charge on any atom is -0.463 e. The Morgan fingerprint density at radius 2 is 1.96 bits per heavy atom. The van der Waals surface area contributed by atoms with Crippen molar-refractivity contribution in [1.29, 1.82) is 0 Å². The van der Waals surface area contributed by atoms with Crippen LogP contribution in [0, 0.1) is 5.82 Å². The number of para-hydroxylation sites is 1. The minimum atomic E-state index is -0.410. The topological polar surface area (TPSA) is 35.5 Å². The van der Waals surface area contributed by atoms with Gasteiger partial charge < -0.3 is 9.47 Å². The van der Waals surface area contributed by atoms with E-state index < -0.39 is 5.97 Å². The number of fused-ring (bicyclic) bond motifs is 2. The number of halogens is 1. The maximum atomic E-state index is 13.5. The van der Waals surface area contributed by atoms with E-state index in [0.29, 0.717) is 30.1 Å². The molecule has 1 aliphatic rings. The van der Waals surface area contributed by atoms with Gasteiger partial charge in [0, 0.05) is 24.1 Å². The zero-order chi connectivity index (χ0) is 17.5. The number of hydrogen-bond donors (Lipinski definition) is 0. The SMILES string of the molecule is CC.CCOC(=O)/C=C1\Cc2ccccc2Oc2cc(F)ccc21. The summed E-state index contributed by atoms with van der Waals surface area (Å²) in [5.74, 6) is 0.280. The molecule has 0 bridgehead atoms. The van der Waals surface area contributed by atoms with Crippen LogP contribution in [-0.4, -0.2) is 12.6 Å². The van der Waals surface area contributed by atoms with Crippen molar-refractivity contribution >= 4 is 11.5 Å². The predicted molar refractivity (Wildman–Crippen MR) is 92.6 cm³/mol. The van der Waals surface area contributed by atoms with E-state index in [4.69, 9.17) is 9.47 Å². The maximum absolute atomic E-state index is 13.5. The van der Waals surface area contributed by atoms with Crippen LogP contribution < -0.4 is 4.74 Å². The molecule has 0 aliphatic carbocycles. The molecule has 24 heavy (non-hydrogen) atoms. The molecule has 0 unspecified atom stereocenters. The second kappa shape index (κ2) is 8.29. The first-order valence-electron chi connectivity index (χ1n) is 8.10. The van der Waals surface area contributed by atoms with Crippen LogP contribution in [0.1, 0.15) is 31.9 Å². The van der Waals surface area contributed by atoms with Gasteiger partial charge in [0.1, 0.15) is 17.3 Å². The summed E-state index contributed by atoms with van der Waals surface area (Å²) in [5.41, 5.74) is 2.39. The van der Waals surface area contributed by atoms with E-state index in [1.54, 1.807) is 13.0 Å². The predicted octanol–water partition coefficient (Wildman–Crippen LogP) is 5.15. The van der Waals surface area contributed by atoms with Gasteiger partial charge in [-0.15, -0.1) is 0 Å². The van der Waals surface area contributed by atoms with Gasteiger partial charge in [-0.25, -0.2) is 9.18 Å². The lowest BCUT2D eigenvalue weighted by Crippen LogP contribution is -2.02. The molecule has 2 aromatic rings. The fourth-order valence-electron chi connectivity index (χ4n) is 2.47. The summed E-state index contributed by atoms with van der Waals surface area (Å²) < 4.78 is 24.3. The average Bonchev–Trinajstić information content (AvgIpc) is 2.72. The molecule has 2 aromatic carbocycles. The summed E-state index contributed by atoms with van der Waals surface area (Å²) in [6.45, 7) is 6.07. The second-order valence-electron chi connectivity index (χ2n) is 4.95. The van der Waals surface area contributed by atoms with Crippen LogP contribution >= 0.6 is 0 Å².